The molecule has 2 N–H and O–H groups in total. The van der Waals surface area contributed by atoms with Gasteiger partial charge in [0.25, 0.3) is 11.6 Å². The van der Waals surface area contributed by atoms with E-state index < -0.39 is 10.8 Å². The van der Waals surface area contributed by atoms with Gasteiger partial charge in [-0.25, -0.2) is 0 Å². The molecule has 0 saturated carbocycles. The maximum absolute atomic E-state index is 12.5. The molecule has 2 rings (SSSR count). The zero-order valence-electron chi connectivity index (χ0n) is 16.9. The Balaban J connectivity index is 1.94. The first-order chi connectivity index (χ1) is 14.3. The third-order valence-electron chi connectivity index (χ3n) is 4.34. The molecule has 0 saturated heterocycles. The third-order valence-corrected chi connectivity index (χ3v) is 5.16. The summed E-state index contributed by atoms with van der Waals surface area (Å²) in [7, 11) is 0. The molecule has 2 aromatic rings. The van der Waals surface area contributed by atoms with E-state index in [1.54, 1.807) is 37.3 Å². The van der Waals surface area contributed by atoms with Crippen molar-refractivity contribution in [3.8, 4) is 5.75 Å². The Bertz CT molecular complexity index is 936. The van der Waals surface area contributed by atoms with Gasteiger partial charge < -0.3 is 10.1 Å². The second kappa shape index (κ2) is 11.6. The summed E-state index contributed by atoms with van der Waals surface area (Å²) in [6.45, 7) is 4.44. The number of anilines is 1. The quantitative estimate of drug-likeness (QED) is 0.200. The second-order valence-electron chi connectivity index (χ2n) is 6.72. The highest BCUT2D eigenvalue weighted by molar-refractivity contribution is 9.10. The molecule has 160 valence electrons. The van der Waals surface area contributed by atoms with Crippen molar-refractivity contribution in [1.82, 2.24) is 5.32 Å². The van der Waals surface area contributed by atoms with Crippen LogP contribution in [0.1, 0.15) is 48.5 Å². The van der Waals surface area contributed by atoms with Gasteiger partial charge in [0.05, 0.1) is 16.0 Å². The van der Waals surface area contributed by atoms with Crippen LogP contribution in [0.25, 0.3) is 0 Å². The molecule has 1 amide bonds. The monoisotopic (exact) mass is 493 g/mol. The van der Waals surface area contributed by atoms with Gasteiger partial charge in [0.1, 0.15) is 5.75 Å². The van der Waals surface area contributed by atoms with E-state index in [2.05, 4.69) is 33.5 Å². The minimum absolute atomic E-state index is 0.0247. The number of nitrogens with one attached hydrogen (secondary N) is 2. The first-order valence-electron chi connectivity index (χ1n) is 9.61. The molecular formula is C21H24BrN3O4S. The predicted octanol–water partition coefficient (Wildman–Crippen LogP) is 5.75. The number of hydrogen-bond donors (Lipinski definition) is 2. The SMILES string of the molecule is CCCCCCOc1ccc(C(=O)NC(=S)Nc2ccc(C)c([N+](=O)[O-])c2)cc1Br. The van der Waals surface area contributed by atoms with Gasteiger partial charge in [-0.2, -0.15) is 0 Å². The van der Waals surface area contributed by atoms with E-state index in [-0.39, 0.29) is 10.8 Å². The third kappa shape index (κ3) is 7.07. The van der Waals surface area contributed by atoms with E-state index in [0.717, 1.165) is 12.8 Å². The fourth-order valence-electron chi connectivity index (χ4n) is 2.69. The van der Waals surface area contributed by atoms with Crippen LogP contribution in [0.4, 0.5) is 11.4 Å². The molecule has 0 aliphatic carbocycles. The first kappa shape index (κ1) is 23.8. The number of aryl methyl sites for hydroxylation is 1. The largest absolute Gasteiger partial charge is 0.492 e. The smallest absolute Gasteiger partial charge is 0.274 e. The number of nitrogens with zero attached hydrogens (tertiary/aromatic N) is 1. The van der Waals surface area contributed by atoms with Crippen LogP contribution in [0.5, 0.6) is 5.75 Å². The van der Waals surface area contributed by atoms with E-state index in [0.29, 0.717) is 33.6 Å². The Morgan fingerprint density at radius 3 is 2.63 bits per heavy atom. The highest BCUT2D eigenvalue weighted by Gasteiger charge is 2.14. The number of hydrogen-bond acceptors (Lipinski definition) is 5. The Labute approximate surface area is 189 Å². The van der Waals surface area contributed by atoms with Gasteiger partial charge in [-0.3, -0.25) is 20.2 Å². The van der Waals surface area contributed by atoms with Crippen molar-refractivity contribution >= 4 is 50.5 Å². The molecule has 0 spiro atoms. The van der Waals surface area contributed by atoms with E-state index >= 15 is 0 Å². The minimum Gasteiger partial charge on any atom is -0.492 e. The van der Waals surface area contributed by atoms with Gasteiger partial charge in [-0.05, 0) is 65.8 Å². The molecule has 0 atom stereocenters. The lowest BCUT2D eigenvalue weighted by Crippen LogP contribution is -2.34. The summed E-state index contributed by atoms with van der Waals surface area (Å²) in [4.78, 5) is 23.1. The normalized spacial score (nSPS) is 10.4. The van der Waals surface area contributed by atoms with E-state index in [1.807, 2.05) is 0 Å². The fourth-order valence-corrected chi connectivity index (χ4v) is 3.40. The van der Waals surface area contributed by atoms with Gasteiger partial charge in [0, 0.05) is 22.9 Å². The molecule has 0 fully saturated rings. The average Bonchev–Trinajstić information content (AvgIpc) is 2.70. The first-order valence-corrected chi connectivity index (χ1v) is 10.8. The van der Waals surface area contributed by atoms with Crippen LogP contribution in [0.2, 0.25) is 0 Å². The number of amides is 1. The van der Waals surface area contributed by atoms with Gasteiger partial charge in [0.15, 0.2) is 5.11 Å². The number of thiocarbonyl (C=S) groups is 1. The van der Waals surface area contributed by atoms with Crippen LogP contribution in [-0.2, 0) is 0 Å². The number of halogens is 1. The molecule has 0 radical (unpaired) electrons. The lowest BCUT2D eigenvalue weighted by Gasteiger charge is -2.12. The Morgan fingerprint density at radius 2 is 1.97 bits per heavy atom. The van der Waals surface area contributed by atoms with Gasteiger partial charge in [0.2, 0.25) is 0 Å². The molecule has 9 heteroatoms. The number of unbranched alkanes of at least 4 members (excludes halogenated alkanes) is 3. The molecule has 0 aromatic heterocycles. The fraction of sp³-hybridized carbons (Fsp3) is 0.333. The zero-order chi connectivity index (χ0) is 22.1. The number of carbonyl (C=O) groups excluding carboxylic acids is 1. The Kier molecular flexibility index (Phi) is 9.19. The van der Waals surface area contributed by atoms with Gasteiger partial charge in [-0.15, -0.1) is 0 Å². The molecule has 0 bridgehead atoms. The maximum atomic E-state index is 12.5. The molecular weight excluding hydrogens is 470 g/mol. The maximum Gasteiger partial charge on any atom is 0.274 e. The predicted molar refractivity (Wildman–Crippen MR) is 125 cm³/mol. The molecule has 30 heavy (non-hydrogen) atoms. The van der Waals surface area contributed by atoms with Crippen molar-refractivity contribution in [3.63, 3.8) is 0 Å². The van der Waals surface area contributed by atoms with Crippen LogP contribution in [0.15, 0.2) is 40.9 Å². The summed E-state index contributed by atoms with van der Waals surface area (Å²) in [6, 6.07) is 9.69. The molecule has 0 aliphatic rings. The van der Waals surface area contributed by atoms with Crippen LogP contribution < -0.4 is 15.4 Å². The van der Waals surface area contributed by atoms with Gasteiger partial charge >= 0.3 is 0 Å². The Hall–Kier alpha value is -2.52. The van der Waals surface area contributed by atoms with Crippen LogP contribution in [0, 0.1) is 17.0 Å². The van der Waals surface area contributed by atoms with Crippen molar-refractivity contribution in [2.45, 2.75) is 39.5 Å². The van der Waals surface area contributed by atoms with E-state index in [9.17, 15) is 14.9 Å². The van der Waals surface area contributed by atoms with Crippen molar-refractivity contribution in [2.75, 3.05) is 11.9 Å². The van der Waals surface area contributed by atoms with Crippen LogP contribution in [0.3, 0.4) is 0 Å². The standard InChI is InChI=1S/C21H24BrN3O4S/c1-3-4-5-6-11-29-19-10-8-15(12-17(19)22)20(26)24-21(30)23-16-9-7-14(2)18(13-16)25(27)28/h7-10,12-13H,3-6,11H2,1-2H3,(H2,23,24,26,30). The highest BCUT2D eigenvalue weighted by atomic mass is 79.9. The molecule has 0 aliphatic heterocycles. The number of nitro benzene ring substituents is 1. The Morgan fingerprint density at radius 1 is 1.20 bits per heavy atom. The lowest BCUT2D eigenvalue weighted by molar-refractivity contribution is -0.385. The number of nitro groups is 1. The number of ether oxygens (including phenoxy) is 1. The van der Waals surface area contributed by atoms with Crippen molar-refractivity contribution in [3.05, 3.63) is 62.1 Å². The zero-order valence-corrected chi connectivity index (χ0v) is 19.3. The van der Waals surface area contributed by atoms with E-state index in [4.69, 9.17) is 17.0 Å². The lowest BCUT2D eigenvalue weighted by atomic mass is 10.2. The summed E-state index contributed by atoms with van der Waals surface area (Å²) < 4.78 is 6.43. The number of rotatable bonds is 9. The molecule has 7 nitrogen and oxygen atoms in total. The average molecular weight is 494 g/mol. The topological polar surface area (TPSA) is 93.5 Å². The molecule has 2 aromatic carbocycles. The van der Waals surface area contributed by atoms with Crippen molar-refractivity contribution < 1.29 is 14.5 Å². The van der Waals surface area contributed by atoms with Gasteiger partial charge in [-0.1, -0.05) is 32.3 Å². The van der Waals surface area contributed by atoms with Crippen LogP contribution in [-0.4, -0.2) is 22.5 Å². The highest BCUT2D eigenvalue weighted by Crippen LogP contribution is 2.26. The van der Waals surface area contributed by atoms with E-state index in [1.165, 1.54) is 18.9 Å². The number of benzene rings is 2. The van der Waals surface area contributed by atoms with Crippen molar-refractivity contribution in [2.24, 2.45) is 0 Å². The summed E-state index contributed by atoms with van der Waals surface area (Å²) in [5.41, 5.74) is 1.34. The molecule has 0 heterocycles. The van der Waals surface area contributed by atoms with Crippen LogP contribution >= 0.6 is 28.1 Å². The van der Waals surface area contributed by atoms with Crippen molar-refractivity contribution in [1.29, 1.82) is 0 Å². The number of carbonyl (C=O) groups is 1. The second-order valence-corrected chi connectivity index (χ2v) is 7.98. The summed E-state index contributed by atoms with van der Waals surface area (Å²) >= 11 is 8.58. The summed E-state index contributed by atoms with van der Waals surface area (Å²) in [6.07, 6.45) is 4.47. The molecule has 0 unspecified atom stereocenters. The summed E-state index contributed by atoms with van der Waals surface area (Å²) in [5, 5.41) is 16.5. The summed E-state index contributed by atoms with van der Waals surface area (Å²) in [5.74, 6) is 0.278. The minimum atomic E-state index is -0.465.